The number of methoxy groups -OCH3 is 1. The molecule has 1 aromatic carbocycles. The number of nitrogens with zero attached hydrogens (tertiary/aromatic N) is 4. The first-order chi connectivity index (χ1) is 11.8. The highest BCUT2D eigenvalue weighted by molar-refractivity contribution is 7.09. The average Bonchev–Trinajstić information content (AvgIpc) is 3.31. The summed E-state index contributed by atoms with van der Waals surface area (Å²) in [6.07, 6.45) is 3.33. The van der Waals surface area contributed by atoms with Gasteiger partial charge in [0.2, 0.25) is 0 Å². The minimum Gasteiger partial charge on any atom is -0.497 e. The van der Waals surface area contributed by atoms with Crippen molar-refractivity contribution in [2.45, 2.75) is 6.54 Å². The van der Waals surface area contributed by atoms with Crippen LogP contribution in [0.4, 0.5) is 5.82 Å². The molecule has 0 bridgehead atoms. The molecule has 4 rings (SSSR count). The Bertz CT molecular complexity index is 947. The molecule has 1 N–H and O–H groups in total. The third kappa shape index (κ3) is 2.69. The average molecular weight is 337 g/mol. The van der Waals surface area contributed by atoms with E-state index in [1.807, 2.05) is 36.5 Å². The molecule has 6 nitrogen and oxygen atoms in total. The Labute approximate surface area is 142 Å². The van der Waals surface area contributed by atoms with Gasteiger partial charge >= 0.3 is 0 Å². The molecular formula is C17H15N5OS. The number of anilines is 1. The zero-order valence-electron chi connectivity index (χ0n) is 13.0. The lowest BCUT2D eigenvalue weighted by Crippen LogP contribution is -2.07. The fourth-order valence-corrected chi connectivity index (χ4v) is 3.16. The van der Waals surface area contributed by atoms with Gasteiger partial charge in [-0.1, -0.05) is 18.2 Å². The van der Waals surface area contributed by atoms with Crippen LogP contribution in [-0.4, -0.2) is 26.7 Å². The van der Waals surface area contributed by atoms with Crippen molar-refractivity contribution in [1.82, 2.24) is 19.6 Å². The van der Waals surface area contributed by atoms with Gasteiger partial charge in [0.15, 0.2) is 0 Å². The van der Waals surface area contributed by atoms with Gasteiger partial charge in [-0.25, -0.2) is 4.98 Å². The molecule has 0 spiro atoms. The van der Waals surface area contributed by atoms with Gasteiger partial charge in [-0.2, -0.15) is 14.6 Å². The molecule has 7 heteroatoms. The van der Waals surface area contributed by atoms with Gasteiger partial charge < -0.3 is 10.1 Å². The molecule has 0 aliphatic rings. The molecule has 0 aliphatic heterocycles. The first kappa shape index (κ1) is 14.6. The summed E-state index contributed by atoms with van der Waals surface area (Å²) < 4.78 is 6.96. The summed E-state index contributed by atoms with van der Waals surface area (Å²) in [4.78, 5) is 9.81. The second-order valence-electron chi connectivity index (χ2n) is 5.15. The Hall–Kier alpha value is -2.93. The lowest BCUT2D eigenvalue weighted by Gasteiger charge is -2.13. The highest BCUT2D eigenvalue weighted by Crippen LogP contribution is 2.29. The summed E-state index contributed by atoms with van der Waals surface area (Å²) in [5.41, 5.74) is 2.00. The van der Waals surface area contributed by atoms with Crippen molar-refractivity contribution in [3.8, 4) is 16.9 Å². The smallest absolute Gasteiger partial charge is 0.254 e. The van der Waals surface area contributed by atoms with Gasteiger partial charge in [-0.05, 0) is 29.1 Å². The Morgan fingerprint density at radius 1 is 1.17 bits per heavy atom. The van der Waals surface area contributed by atoms with Crippen LogP contribution in [0, 0.1) is 0 Å². The summed E-state index contributed by atoms with van der Waals surface area (Å²) in [6, 6.07) is 12.0. The minimum atomic E-state index is 0.570. The molecule has 120 valence electrons. The number of rotatable bonds is 5. The summed E-state index contributed by atoms with van der Waals surface area (Å²) in [6.45, 7) is 0.722. The molecule has 0 saturated heterocycles. The van der Waals surface area contributed by atoms with Gasteiger partial charge in [0.25, 0.3) is 5.78 Å². The molecule has 3 heterocycles. The van der Waals surface area contributed by atoms with Crippen LogP contribution < -0.4 is 10.1 Å². The van der Waals surface area contributed by atoms with E-state index in [-0.39, 0.29) is 0 Å². The van der Waals surface area contributed by atoms with Crippen LogP contribution in [0.2, 0.25) is 0 Å². The predicted molar refractivity (Wildman–Crippen MR) is 94.4 cm³/mol. The van der Waals surface area contributed by atoms with Gasteiger partial charge in [0.1, 0.15) is 17.9 Å². The van der Waals surface area contributed by atoms with Crippen LogP contribution >= 0.6 is 11.3 Å². The standard InChI is InChI=1S/C17H15N5OS/c1-23-13-6-4-12(5-7-13)15-10-19-17-20-11-21-22(17)16(15)18-9-14-3-2-8-24-14/h2-8,10-11,18H,9H2,1H3. The maximum atomic E-state index is 5.23. The number of fused-ring (bicyclic) bond motifs is 1. The first-order valence-electron chi connectivity index (χ1n) is 7.44. The van der Waals surface area contributed by atoms with E-state index in [9.17, 15) is 0 Å². The van der Waals surface area contributed by atoms with Crippen LogP contribution in [0.1, 0.15) is 4.88 Å². The van der Waals surface area contributed by atoms with Crippen LogP contribution in [-0.2, 0) is 6.54 Å². The topological polar surface area (TPSA) is 64.3 Å². The second-order valence-corrected chi connectivity index (χ2v) is 6.19. The lowest BCUT2D eigenvalue weighted by atomic mass is 10.1. The van der Waals surface area contributed by atoms with E-state index in [0.29, 0.717) is 5.78 Å². The lowest BCUT2D eigenvalue weighted by molar-refractivity contribution is 0.415. The molecule has 0 aliphatic carbocycles. The molecule has 4 aromatic rings. The summed E-state index contributed by atoms with van der Waals surface area (Å²) in [5, 5.41) is 9.84. The van der Waals surface area contributed by atoms with Crippen molar-refractivity contribution in [3.63, 3.8) is 0 Å². The summed E-state index contributed by atoms with van der Waals surface area (Å²) >= 11 is 1.72. The van der Waals surface area contributed by atoms with Gasteiger partial charge in [0.05, 0.1) is 13.7 Å². The molecule has 24 heavy (non-hydrogen) atoms. The summed E-state index contributed by atoms with van der Waals surface area (Å²) in [5.74, 6) is 2.26. The van der Waals surface area contributed by atoms with Crippen molar-refractivity contribution in [2.75, 3.05) is 12.4 Å². The highest BCUT2D eigenvalue weighted by Gasteiger charge is 2.12. The predicted octanol–water partition coefficient (Wildman–Crippen LogP) is 3.47. The SMILES string of the molecule is COc1ccc(-c2cnc3ncnn3c2NCc2cccs2)cc1. The third-order valence-electron chi connectivity index (χ3n) is 3.72. The summed E-state index contributed by atoms with van der Waals surface area (Å²) in [7, 11) is 1.66. The van der Waals surface area contributed by atoms with E-state index >= 15 is 0 Å². The maximum Gasteiger partial charge on any atom is 0.254 e. The molecule has 0 atom stereocenters. The van der Waals surface area contributed by atoms with Gasteiger partial charge in [0, 0.05) is 16.6 Å². The maximum absolute atomic E-state index is 5.23. The zero-order valence-corrected chi connectivity index (χ0v) is 13.8. The van der Waals surface area contributed by atoms with Crippen molar-refractivity contribution >= 4 is 22.9 Å². The van der Waals surface area contributed by atoms with Crippen LogP contribution in [0.3, 0.4) is 0 Å². The Morgan fingerprint density at radius 3 is 2.79 bits per heavy atom. The number of aromatic nitrogens is 4. The first-order valence-corrected chi connectivity index (χ1v) is 8.32. The Kier molecular flexibility index (Phi) is 3.84. The van der Waals surface area contributed by atoms with Crippen LogP contribution in [0.15, 0.2) is 54.3 Å². The van der Waals surface area contributed by atoms with Gasteiger partial charge in [-0.15, -0.1) is 11.3 Å². The molecule has 0 unspecified atom stereocenters. The number of nitrogens with one attached hydrogen (secondary N) is 1. The second kappa shape index (κ2) is 6.29. The van der Waals surface area contributed by atoms with Crippen molar-refractivity contribution in [3.05, 3.63) is 59.2 Å². The number of ether oxygens (including phenoxy) is 1. The van der Waals surface area contributed by atoms with E-state index in [4.69, 9.17) is 4.74 Å². The van der Waals surface area contributed by atoms with Crippen LogP contribution in [0.25, 0.3) is 16.9 Å². The van der Waals surface area contributed by atoms with Crippen molar-refractivity contribution in [1.29, 1.82) is 0 Å². The fourth-order valence-electron chi connectivity index (χ4n) is 2.51. The fraction of sp³-hybridized carbons (Fsp3) is 0.118. The molecule has 0 saturated carbocycles. The number of thiophene rings is 1. The molecule has 3 aromatic heterocycles. The number of benzene rings is 1. The van der Waals surface area contributed by atoms with Crippen molar-refractivity contribution < 1.29 is 4.74 Å². The number of hydrogen-bond acceptors (Lipinski definition) is 6. The van der Waals surface area contributed by atoms with E-state index < -0.39 is 0 Å². The highest BCUT2D eigenvalue weighted by atomic mass is 32.1. The Morgan fingerprint density at radius 2 is 2.04 bits per heavy atom. The number of hydrogen-bond donors (Lipinski definition) is 1. The van der Waals surface area contributed by atoms with Crippen LogP contribution in [0.5, 0.6) is 5.75 Å². The molecule has 0 radical (unpaired) electrons. The quantitative estimate of drug-likeness (QED) is 0.604. The molecular weight excluding hydrogens is 322 g/mol. The van der Waals surface area contributed by atoms with E-state index in [1.54, 1.807) is 23.0 Å². The minimum absolute atomic E-state index is 0.570. The van der Waals surface area contributed by atoms with E-state index in [2.05, 4.69) is 31.8 Å². The van der Waals surface area contributed by atoms with Crippen molar-refractivity contribution in [2.24, 2.45) is 0 Å². The molecule has 0 fully saturated rings. The third-order valence-corrected chi connectivity index (χ3v) is 4.59. The zero-order chi connectivity index (χ0) is 16.4. The Balaban J connectivity index is 1.76. The monoisotopic (exact) mass is 337 g/mol. The largest absolute Gasteiger partial charge is 0.497 e. The van der Waals surface area contributed by atoms with E-state index in [0.717, 1.165) is 29.2 Å². The van der Waals surface area contributed by atoms with E-state index in [1.165, 1.54) is 11.2 Å². The normalized spacial score (nSPS) is 10.9. The van der Waals surface area contributed by atoms with Gasteiger partial charge in [-0.3, -0.25) is 0 Å². The molecule has 0 amide bonds.